The molecule has 3 rings (SSSR count). The molecule has 1 fully saturated rings. The molecule has 0 radical (unpaired) electrons. The zero-order valence-corrected chi connectivity index (χ0v) is 17.8. The van der Waals surface area contributed by atoms with Gasteiger partial charge < -0.3 is 15.1 Å². The Bertz CT molecular complexity index is 952. The van der Waals surface area contributed by atoms with E-state index in [0.29, 0.717) is 53.3 Å². The Morgan fingerprint density at radius 1 is 1.34 bits per heavy atom. The van der Waals surface area contributed by atoms with Crippen LogP contribution < -0.4 is 0 Å². The van der Waals surface area contributed by atoms with Crippen molar-refractivity contribution in [3.8, 4) is 0 Å². The molecule has 0 aliphatic carbocycles. The summed E-state index contributed by atoms with van der Waals surface area (Å²) in [4.78, 5) is 31.7. The van der Waals surface area contributed by atoms with Gasteiger partial charge in [0.2, 0.25) is 0 Å². The number of aliphatic hydroxyl groups is 1. The van der Waals surface area contributed by atoms with Gasteiger partial charge in [0.15, 0.2) is 5.65 Å². The second-order valence-corrected chi connectivity index (χ2v) is 8.64. The lowest BCUT2D eigenvalue weighted by Gasteiger charge is -2.43. The fourth-order valence-corrected chi connectivity index (χ4v) is 4.27. The van der Waals surface area contributed by atoms with Gasteiger partial charge >= 0.3 is 5.97 Å². The molecule has 2 aromatic heterocycles. The van der Waals surface area contributed by atoms with Crippen molar-refractivity contribution in [1.29, 1.82) is 0 Å². The van der Waals surface area contributed by atoms with Crippen LogP contribution in [0.3, 0.4) is 0 Å². The van der Waals surface area contributed by atoms with Gasteiger partial charge in [-0.1, -0.05) is 13.8 Å². The Kier molecular flexibility index (Phi) is 5.67. The number of carbonyl (C=O) groups is 2. The minimum absolute atomic E-state index is 0.00275. The lowest BCUT2D eigenvalue weighted by atomic mass is 9.72. The number of hydrogen-bond acceptors (Lipinski definition) is 5. The van der Waals surface area contributed by atoms with Gasteiger partial charge in [-0.15, -0.1) is 0 Å². The van der Waals surface area contributed by atoms with E-state index >= 15 is 0 Å². The van der Waals surface area contributed by atoms with Gasteiger partial charge in [-0.3, -0.25) is 14.3 Å². The van der Waals surface area contributed by atoms with Crippen molar-refractivity contribution < 1.29 is 19.8 Å². The molecule has 29 heavy (non-hydrogen) atoms. The third-order valence-electron chi connectivity index (χ3n) is 5.99. The highest BCUT2D eigenvalue weighted by Crippen LogP contribution is 2.37. The molecule has 2 aromatic rings. The molecule has 3 heterocycles. The number of nitrogens with zero attached hydrogens (tertiary/aromatic N) is 4. The Balaban J connectivity index is 2.00. The Hall–Kier alpha value is -2.48. The molecule has 8 heteroatoms. The summed E-state index contributed by atoms with van der Waals surface area (Å²) in [6.07, 6.45) is 0.282. The maximum Gasteiger partial charge on any atom is 0.314 e. The lowest BCUT2D eigenvalue weighted by molar-refractivity contribution is -0.163. The Labute approximate surface area is 170 Å². The van der Waals surface area contributed by atoms with E-state index in [1.54, 1.807) is 22.7 Å². The van der Waals surface area contributed by atoms with Crippen molar-refractivity contribution in [2.24, 2.45) is 18.4 Å². The number of hydrogen-bond donors (Lipinski definition) is 2. The Morgan fingerprint density at radius 2 is 2.03 bits per heavy atom. The molecule has 8 nitrogen and oxygen atoms in total. The summed E-state index contributed by atoms with van der Waals surface area (Å²) < 4.78 is 1.65. The first-order chi connectivity index (χ1) is 13.6. The number of carbonyl (C=O) groups excluding carboxylic acids is 1. The lowest BCUT2D eigenvalue weighted by Crippen LogP contribution is -2.57. The highest BCUT2D eigenvalue weighted by Gasteiger charge is 2.50. The van der Waals surface area contributed by atoms with Crippen LogP contribution in [-0.4, -0.2) is 60.9 Å². The molecule has 1 aliphatic heterocycles. The number of piperidine rings is 1. The number of likely N-dealkylation sites (tertiary alicyclic amines) is 1. The molecular formula is C21H30N4O4. The summed E-state index contributed by atoms with van der Waals surface area (Å²) in [7, 11) is 1.79. The summed E-state index contributed by atoms with van der Waals surface area (Å²) in [5.41, 5.74) is 1.18. The van der Waals surface area contributed by atoms with Gasteiger partial charge in [-0.25, -0.2) is 4.98 Å². The number of aliphatic hydroxyl groups excluding tert-OH is 1. The van der Waals surface area contributed by atoms with Crippen LogP contribution in [0.4, 0.5) is 0 Å². The van der Waals surface area contributed by atoms with Crippen molar-refractivity contribution in [2.75, 3.05) is 13.1 Å². The molecule has 0 bridgehead atoms. The average molecular weight is 402 g/mol. The number of aryl methyl sites for hydroxylation is 3. The number of rotatable bonds is 5. The number of carboxylic acid groups (broad SMARTS) is 1. The number of aliphatic carboxylic acids is 1. The van der Waals surface area contributed by atoms with E-state index in [2.05, 4.69) is 10.1 Å². The predicted molar refractivity (Wildman–Crippen MR) is 109 cm³/mol. The van der Waals surface area contributed by atoms with Crippen molar-refractivity contribution >= 4 is 22.9 Å². The van der Waals surface area contributed by atoms with Crippen LogP contribution >= 0.6 is 0 Å². The van der Waals surface area contributed by atoms with Crippen LogP contribution in [-0.2, 0) is 11.8 Å². The molecule has 2 N–H and O–H groups in total. The third kappa shape index (κ3) is 3.73. The van der Waals surface area contributed by atoms with Crippen molar-refractivity contribution in [3.63, 3.8) is 0 Å². The quantitative estimate of drug-likeness (QED) is 0.794. The van der Waals surface area contributed by atoms with Gasteiger partial charge in [0, 0.05) is 25.8 Å². The fourth-order valence-electron chi connectivity index (χ4n) is 4.27. The molecule has 1 saturated heterocycles. The van der Waals surface area contributed by atoms with Crippen LogP contribution in [0.1, 0.15) is 54.9 Å². The maximum atomic E-state index is 13.5. The average Bonchev–Trinajstić information content (AvgIpc) is 2.93. The zero-order chi connectivity index (χ0) is 21.5. The van der Waals surface area contributed by atoms with E-state index < -0.39 is 17.5 Å². The molecule has 0 aromatic carbocycles. The van der Waals surface area contributed by atoms with E-state index in [9.17, 15) is 19.8 Å². The molecule has 1 aliphatic rings. The molecule has 0 saturated carbocycles. The molecule has 158 valence electrons. The summed E-state index contributed by atoms with van der Waals surface area (Å²) in [5, 5.41) is 25.7. The number of pyridine rings is 1. The van der Waals surface area contributed by atoms with E-state index in [1.807, 2.05) is 27.7 Å². The van der Waals surface area contributed by atoms with Crippen molar-refractivity contribution in [2.45, 2.75) is 53.1 Å². The van der Waals surface area contributed by atoms with Gasteiger partial charge in [-0.2, -0.15) is 5.10 Å². The first-order valence-corrected chi connectivity index (χ1v) is 10.1. The zero-order valence-electron chi connectivity index (χ0n) is 17.8. The number of fused-ring (bicyclic) bond motifs is 1. The summed E-state index contributed by atoms with van der Waals surface area (Å²) in [5.74, 6) is -0.972. The van der Waals surface area contributed by atoms with Gasteiger partial charge in [-0.05, 0) is 45.1 Å². The van der Waals surface area contributed by atoms with E-state index in [1.165, 1.54) is 0 Å². The van der Waals surface area contributed by atoms with E-state index in [4.69, 9.17) is 0 Å². The fraction of sp³-hybridized carbons (Fsp3) is 0.619. The topological polar surface area (TPSA) is 109 Å². The van der Waals surface area contributed by atoms with E-state index in [-0.39, 0.29) is 18.9 Å². The first-order valence-electron chi connectivity index (χ1n) is 10.1. The normalized spacial score (nSPS) is 22.4. The second kappa shape index (κ2) is 7.74. The van der Waals surface area contributed by atoms with Crippen LogP contribution in [0.15, 0.2) is 6.07 Å². The number of aromatic nitrogens is 3. The maximum absolute atomic E-state index is 13.5. The first kappa shape index (κ1) is 21.2. The SMILES string of the molecule is Cc1cc(C(=O)N2CC[C@@H](O)[C@](CCC(C)C)(C(=O)O)C2)c2c(C)nn(C)c2n1. The smallest absolute Gasteiger partial charge is 0.314 e. The molecular weight excluding hydrogens is 372 g/mol. The Morgan fingerprint density at radius 3 is 2.66 bits per heavy atom. The minimum Gasteiger partial charge on any atom is -0.481 e. The second-order valence-electron chi connectivity index (χ2n) is 8.64. The van der Waals surface area contributed by atoms with Crippen molar-refractivity contribution in [1.82, 2.24) is 19.7 Å². The molecule has 1 amide bonds. The van der Waals surface area contributed by atoms with Gasteiger partial charge in [0.1, 0.15) is 5.41 Å². The highest BCUT2D eigenvalue weighted by atomic mass is 16.4. The number of amides is 1. The van der Waals surface area contributed by atoms with Crippen LogP contribution in [0.5, 0.6) is 0 Å². The van der Waals surface area contributed by atoms with Crippen LogP contribution in [0, 0.1) is 25.2 Å². The largest absolute Gasteiger partial charge is 0.481 e. The van der Waals surface area contributed by atoms with Gasteiger partial charge in [0.05, 0.1) is 22.7 Å². The molecule has 0 unspecified atom stereocenters. The van der Waals surface area contributed by atoms with Gasteiger partial charge in [0.25, 0.3) is 5.91 Å². The third-order valence-corrected chi connectivity index (χ3v) is 5.99. The number of carboxylic acids is 1. The highest BCUT2D eigenvalue weighted by molar-refractivity contribution is 6.06. The molecule has 2 atom stereocenters. The predicted octanol–water partition coefficient (Wildman–Crippen LogP) is 2.30. The summed E-state index contributed by atoms with van der Waals surface area (Å²) >= 11 is 0. The summed E-state index contributed by atoms with van der Waals surface area (Å²) in [6.45, 7) is 8.02. The minimum atomic E-state index is -1.34. The standard InChI is InChI=1S/C21H30N4O4/c1-12(2)6-8-21(20(28)29)11-25(9-7-16(21)26)19(27)15-10-13(3)22-18-17(15)14(4)23-24(18)5/h10,12,16,26H,6-9,11H2,1-5H3,(H,28,29)/t16-,21-/m1/s1. The summed E-state index contributed by atoms with van der Waals surface area (Å²) in [6, 6.07) is 1.74. The molecule has 0 spiro atoms. The monoisotopic (exact) mass is 402 g/mol. The van der Waals surface area contributed by atoms with Crippen molar-refractivity contribution in [3.05, 3.63) is 23.0 Å². The van der Waals surface area contributed by atoms with Crippen LogP contribution in [0.25, 0.3) is 11.0 Å². The van der Waals surface area contributed by atoms with E-state index in [0.717, 1.165) is 0 Å². The van der Waals surface area contributed by atoms with Crippen LogP contribution in [0.2, 0.25) is 0 Å².